The highest BCUT2D eigenvalue weighted by atomic mass is 35.5. The maximum absolute atomic E-state index is 9.81. The van der Waals surface area contributed by atoms with E-state index in [9.17, 15) is 10.2 Å². The number of nitrogens with one attached hydrogen (secondary N) is 1. The Hall–Kier alpha value is -0.610. The first-order valence-electron chi connectivity index (χ1n) is 5.38. The normalized spacial score (nSPS) is 29.5. The van der Waals surface area contributed by atoms with E-state index in [1.54, 1.807) is 0 Å². The van der Waals surface area contributed by atoms with Crippen LogP contribution in [0.4, 0.5) is 0 Å². The second-order valence-corrected chi connectivity index (χ2v) is 4.17. The predicted octanol–water partition coefficient (Wildman–Crippen LogP) is 0.592. The Morgan fingerprint density at radius 2 is 1.81 bits per heavy atom. The number of aliphatic hydroxyl groups is 2. The Morgan fingerprint density at radius 3 is 2.50 bits per heavy atom. The van der Waals surface area contributed by atoms with Gasteiger partial charge >= 0.3 is 0 Å². The number of β-amino-alcohol motifs (C(OH)–C–C–N with tert-alkyl or cyclic N) is 1. The van der Waals surface area contributed by atoms with Gasteiger partial charge in [0.25, 0.3) is 0 Å². The van der Waals surface area contributed by atoms with Crippen molar-refractivity contribution in [3.63, 3.8) is 0 Å². The fourth-order valence-corrected chi connectivity index (χ4v) is 2.08. The zero-order valence-corrected chi connectivity index (χ0v) is 9.86. The van der Waals surface area contributed by atoms with Crippen LogP contribution >= 0.6 is 12.4 Å². The maximum atomic E-state index is 9.81. The van der Waals surface area contributed by atoms with Crippen LogP contribution in [-0.2, 0) is 6.42 Å². The molecule has 1 aromatic carbocycles. The monoisotopic (exact) mass is 243 g/mol. The molecule has 0 unspecified atom stereocenters. The van der Waals surface area contributed by atoms with E-state index in [0.717, 1.165) is 13.0 Å². The smallest absolute Gasteiger partial charge is 0.0926 e. The summed E-state index contributed by atoms with van der Waals surface area (Å²) in [6.45, 7) is 1.26. The summed E-state index contributed by atoms with van der Waals surface area (Å²) in [5, 5.41) is 22.4. The van der Waals surface area contributed by atoms with E-state index in [1.807, 2.05) is 30.3 Å². The minimum atomic E-state index is -0.632. The van der Waals surface area contributed by atoms with Crippen molar-refractivity contribution < 1.29 is 10.2 Å². The van der Waals surface area contributed by atoms with Gasteiger partial charge in [-0.1, -0.05) is 30.3 Å². The molecule has 1 fully saturated rings. The number of hydrogen-bond donors (Lipinski definition) is 3. The molecular weight excluding hydrogens is 226 g/mol. The molecule has 1 aliphatic rings. The molecule has 1 aromatic rings. The predicted molar refractivity (Wildman–Crippen MR) is 65.8 cm³/mol. The van der Waals surface area contributed by atoms with Crippen molar-refractivity contribution in [3.8, 4) is 0 Å². The van der Waals surface area contributed by atoms with Crippen LogP contribution in [0.1, 0.15) is 5.56 Å². The van der Waals surface area contributed by atoms with Crippen LogP contribution in [0.3, 0.4) is 0 Å². The molecule has 4 heteroatoms. The molecule has 0 bridgehead atoms. The minimum Gasteiger partial charge on any atom is -0.390 e. The molecule has 1 aliphatic heterocycles. The Labute approximate surface area is 102 Å². The molecule has 1 saturated heterocycles. The van der Waals surface area contributed by atoms with Gasteiger partial charge in [-0.05, 0) is 12.0 Å². The summed E-state index contributed by atoms with van der Waals surface area (Å²) in [5.41, 5.74) is 1.21. The molecule has 0 spiro atoms. The Balaban J connectivity index is 0.00000128. The summed E-state index contributed by atoms with van der Waals surface area (Å²) >= 11 is 0. The Morgan fingerprint density at radius 1 is 1.12 bits per heavy atom. The van der Waals surface area contributed by atoms with Gasteiger partial charge in [-0.25, -0.2) is 0 Å². The van der Waals surface area contributed by atoms with E-state index in [0.29, 0.717) is 6.54 Å². The van der Waals surface area contributed by atoms with Crippen LogP contribution < -0.4 is 5.32 Å². The molecule has 3 N–H and O–H groups in total. The number of halogens is 1. The fourth-order valence-electron chi connectivity index (χ4n) is 2.08. The SMILES string of the molecule is Cl.O[C@@H]1[C@@H](Cc2ccccc2)CNC[C@H]1O. The van der Waals surface area contributed by atoms with Crippen molar-refractivity contribution in [1.82, 2.24) is 5.32 Å². The van der Waals surface area contributed by atoms with E-state index in [4.69, 9.17) is 0 Å². The number of aliphatic hydroxyl groups excluding tert-OH is 2. The molecule has 3 nitrogen and oxygen atoms in total. The van der Waals surface area contributed by atoms with E-state index >= 15 is 0 Å². The van der Waals surface area contributed by atoms with Crippen LogP contribution in [0.2, 0.25) is 0 Å². The molecular formula is C12H18ClNO2. The summed E-state index contributed by atoms with van der Waals surface area (Å²) in [6, 6.07) is 10.1. The van der Waals surface area contributed by atoms with Crippen LogP contribution in [-0.4, -0.2) is 35.5 Å². The molecule has 1 heterocycles. The molecule has 16 heavy (non-hydrogen) atoms. The molecule has 0 amide bonds. The van der Waals surface area contributed by atoms with Crippen molar-refractivity contribution in [2.24, 2.45) is 5.92 Å². The van der Waals surface area contributed by atoms with Crippen molar-refractivity contribution in [2.75, 3.05) is 13.1 Å². The van der Waals surface area contributed by atoms with Gasteiger partial charge in [-0.3, -0.25) is 0 Å². The van der Waals surface area contributed by atoms with Crippen molar-refractivity contribution in [2.45, 2.75) is 18.6 Å². The van der Waals surface area contributed by atoms with Gasteiger partial charge < -0.3 is 15.5 Å². The third-order valence-corrected chi connectivity index (χ3v) is 2.98. The third kappa shape index (κ3) is 3.19. The number of benzene rings is 1. The largest absolute Gasteiger partial charge is 0.390 e. The summed E-state index contributed by atoms with van der Waals surface area (Å²) in [6.07, 6.45) is -0.426. The van der Waals surface area contributed by atoms with E-state index < -0.39 is 12.2 Å². The summed E-state index contributed by atoms with van der Waals surface area (Å²) < 4.78 is 0. The second kappa shape index (κ2) is 6.21. The average molecular weight is 244 g/mol. The van der Waals surface area contributed by atoms with Gasteiger partial charge in [0.2, 0.25) is 0 Å². The second-order valence-electron chi connectivity index (χ2n) is 4.17. The summed E-state index contributed by atoms with van der Waals surface area (Å²) in [4.78, 5) is 0. The molecule has 0 aliphatic carbocycles. The lowest BCUT2D eigenvalue weighted by atomic mass is 9.88. The molecule has 0 aromatic heterocycles. The molecule has 2 rings (SSSR count). The zero-order chi connectivity index (χ0) is 10.7. The van der Waals surface area contributed by atoms with Crippen LogP contribution in [0.15, 0.2) is 30.3 Å². The average Bonchev–Trinajstić information content (AvgIpc) is 2.26. The lowest BCUT2D eigenvalue weighted by molar-refractivity contribution is -0.0345. The van der Waals surface area contributed by atoms with Gasteiger partial charge in [0.05, 0.1) is 12.2 Å². The van der Waals surface area contributed by atoms with E-state index in [1.165, 1.54) is 5.56 Å². The Bertz CT molecular complexity index is 307. The van der Waals surface area contributed by atoms with Crippen molar-refractivity contribution in [1.29, 1.82) is 0 Å². The quantitative estimate of drug-likeness (QED) is 0.713. The number of rotatable bonds is 2. The lowest BCUT2D eigenvalue weighted by Gasteiger charge is -2.32. The number of hydrogen-bond acceptors (Lipinski definition) is 3. The summed E-state index contributed by atoms with van der Waals surface area (Å²) in [5.74, 6) is 0.108. The molecule has 0 radical (unpaired) electrons. The van der Waals surface area contributed by atoms with Gasteiger partial charge in [-0.15, -0.1) is 12.4 Å². The molecule has 90 valence electrons. The first-order valence-corrected chi connectivity index (χ1v) is 5.38. The van der Waals surface area contributed by atoms with Crippen LogP contribution in [0.5, 0.6) is 0 Å². The van der Waals surface area contributed by atoms with E-state index in [-0.39, 0.29) is 18.3 Å². The van der Waals surface area contributed by atoms with Crippen molar-refractivity contribution in [3.05, 3.63) is 35.9 Å². The highest BCUT2D eigenvalue weighted by molar-refractivity contribution is 5.85. The Kier molecular flexibility index (Phi) is 5.22. The van der Waals surface area contributed by atoms with Gasteiger partial charge in [0, 0.05) is 19.0 Å². The lowest BCUT2D eigenvalue weighted by Crippen LogP contribution is -2.51. The van der Waals surface area contributed by atoms with E-state index in [2.05, 4.69) is 5.32 Å². The molecule has 0 saturated carbocycles. The van der Waals surface area contributed by atoms with Gasteiger partial charge in [-0.2, -0.15) is 0 Å². The fraction of sp³-hybridized carbons (Fsp3) is 0.500. The molecule has 3 atom stereocenters. The zero-order valence-electron chi connectivity index (χ0n) is 9.04. The first kappa shape index (κ1) is 13.5. The topological polar surface area (TPSA) is 52.5 Å². The first-order chi connectivity index (χ1) is 7.27. The van der Waals surface area contributed by atoms with Crippen LogP contribution in [0, 0.1) is 5.92 Å². The van der Waals surface area contributed by atoms with Crippen LogP contribution in [0.25, 0.3) is 0 Å². The number of piperidine rings is 1. The summed E-state index contributed by atoms with van der Waals surface area (Å²) in [7, 11) is 0. The van der Waals surface area contributed by atoms with Crippen molar-refractivity contribution >= 4 is 12.4 Å². The minimum absolute atomic E-state index is 0. The standard InChI is InChI=1S/C12H17NO2.ClH/c14-11-8-13-7-10(12(11)15)6-9-4-2-1-3-5-9;/h1-5,10-15H,6-8H2;1H/t10-,11+,12+;/m0./s1. The van der Waals surface area contributed by atoms with Gasteiger partial charge in [0.15, 0.2) is 0 Å². The highest BCUT2D eigenvalue weighted by Crippen LogP contribution is 2.17. The van der Waals surface area contributed by atoms with Gasteiger partial charge in [0.1, 0.15) is 0 Å². The maximum Gasteiger partial charge on any atom is 0.0926 e. The third-order valence-electron chi connectivity index (χ3n) is 2.98. The highest BCUT2D eigenvalue weighted by Gasteiger charge is 2.29.